The van der Waals surface area contributed by atoms with Gasteiger partial charge in [0.25, 0.3) is 0 Å². The van der Waals surface area contributed by atoms with E-state index in [0.717, 1.165) is 51.7 Å². The van der Waals surface area contributed by atoms with Crippen molar-refractivity contribution in [2.45, 2.75) is 58.8 Å². The van der Waals surface area contributed by atoms with Gasteiger partial charge in [0.15, 0.2) is 0 Å². The molecule has 0 spiro atoms. The van der Waals surface area contributed by atoms with Crippen molar-refractivity contribution in [1.29, 1.82) is 0 Å². The molecule has 0 rings (SSSR count). The van der Waals surface area contributed by atoms with Crippen molar-refractivity contribution in [1.82, 2.24) is 0 Å². The van der Waals surface area contributed by atoms with Crippen LogP contribution in [0.25, 0.3) is 0 Å². The maximum absolute atomic E-state index is 5.60. The van der Waals surface area contributed by atoms with Gasteiger partial charge in [-0.1, -0.05) is 26.7 Å². The van der Waals surface area contributed by atoms with Gasteiger partial charge >= 0.3 is 0 Å². The first kappa shape index (κ1) is 17.9. The van der Waals surface area contributed by atoms with Gasteiger partial charge in [0.1, 0.15) is 0 Å². The van der Waals surface area contributed by atoms with Crippen molar-refractivity contribution in [3.8, 4) is 0 Å². The standard InChI is InChI=1S/C15H33NO2/c1-15(2)9-7-13-17-11-5-3-4-6-12-18-14-8-10-16/h15H,3-14,16H2,1-2H3. The Morgan fingerprint density at radius 2 is 1.22 bits per heavy atom. The lowest BCUT2D eigenvalue weighted by Gasteiger charge is -2.06. The van der Waals surface area contributed by atoms with Gasteiger partial charge in [-0.3, -0.25) is 0 Å². The fourth-order valence-corrected chi connectivity index (χ4v) is 1.74. The van der Waals surface area contributed by atoms with Crippen LogP contribution in [0.15, 0.2) is 0 Å². The van der Waals surface area contributed by atoms with E-state index < -0.39 is 0 Å². The normalized spacial score (nSPS) is 11.3. The summed E-state index contributed by atoms with van der Waals surface area (Å²) >= 11 is 0. The van der Waals surface area contributed by atoms with Crippen molar-refractivity contribution in [2.75, 3.05) is 33.0 Å². The molecule has 3 nitrogen and oxygen atoms in total. The third-order valence-electron chi connectivity index (χ3n) is 2.89. The van der Waals surface area contributed by atoms with Gasteiger partial charge in [0, 0.05) is 26.4 Å². The van der Waals surface area contributed by atoms with Gasteiger partial charge in [-0.25, -0.2) is 0 Å². The molecule has 3 heteroatoms. The van der Waals surface area contributed by atoms with Gasteiger partial charge in [-0.05, 0) is 44.6 Å². The first-order valence-electron chi connectivity index (χ1n) is 7.63. The molecular weight excluding hydrogens is 226 g/mol. The minimum Gasteiger partial charge on any atom is -0.381 e. The van der Waals surface area contributed by atoms with Gasteiger partial charge in [0.2, 0.25) is 0 Å². The molecule has 0 aromatic rings. The number of unbranched alkanes of at least 4 members (excludes halogenated alkanes) is 3. The lowest BCUT2D eigenvalue weighted by Crippen LogP contribution is -2.05. The third-order valence-corrected chi connectivity index (χ3v) is 2.89. The lowest BCUT2D eigenvalue weighted by atomic mass is 10.1. The van der Waals surface area contributed by atoms with Crippen LogP contribution in [0.5, 0.6) is 0 Å². The second-order valence-electron chi connectivity index (χ2n) is 5.32. The zero-order chi connectivity index (χ0) is 13.5. The fraction of sp³-hybridized carbons (Fsp3) is 1.00. The summed E-state index contributed by atoms with van der Waals surface area (Å²) in [6.45, 7) is 8.80. The molecule has 0 heterocycles. The summed E-state index contributed by atoms with van der Waals surface area (Å²) in [5, 5.41) is 0. The molecule has 0 aromatic carbocycles. The van der Waals surface area contributed by atoms with Crippen molar-refractivity contribution >= 4 is 0 Å². The molecule has 0 bridgehead atoms. The third kappa shape index (κ3) is 15.9. The highest BCUT2D eigenvalue weighted by atomic mass is 16.5. The molecule has 18 heavy (non-hydrogen) atoms. The van der Waals surface area contributed by atoms with E-state index in [9.17, 15) is 0 Å². The van der Waals surface area contributed by atoms with Crippen LogP contribution in [0.4, 0.5) is 0 Å². The van der Waals surface area contributed by atoms with Crippen LogP contribution in [0.2, 0.25) is 0 Å². The smallest absolute Gasteiger partial charge is 0.0478 e. The molecule has 2 N–H and O–H groups in total. The first-order chi connectivity index (χ1) is 8.77. The Labute approximate surface area is 113 Å². The Kier molecular flexibility index (Phi) is 14.8. The number of ether oxygens (including phenoxy) is 2. The predicted octanol–water partition coefficient (Wildman–Crippen LogP) is 3.37. The molecule has 0 aliphatic carbocycles. The Balaban J connectivity index is 2.90. The summed E-state index contributed by atoms with van der Waals surface area (Å²) in [5.41, 5.74) is 5.38. The molecular formula is C15H33NO2. The van der Waals surface area contributed by atoms with Crippen LogP contribution >= 0.6 is 0 Å². The lowest BCUT2D eigenvalue weighted by molar-refractivity contribution is 0.117. The van der Waals surface area contributed by atoms with Crippen LogP contribution in [-0.4, -0.2) is 33.0 Å². The summed E-state index contributed by atoms with van der Waals surface area (Å²) in [7, 11) is 0. The molecule has 0 atom stereocenters. The SMILES string of the molecule is CC(C)CCCOCCCCCCOCCCN. The highest BCUT2D eigenvalue weighted by molar-refractivity contribution is 4.46. The topological polar surface area (TPSA) is 44.5 Å². The summed E-state index contributed by atoms with van der Waals surface area (Å²) in [5.74, 6) is 0.799. The van der Waals surface area contributed by atoms with E-state index in [1.165, 1.54) is 32.1 Å². The second-order valence-corrected chi connectivity index (χ2v) is 5.32. The molecule has 110 valence electrons. The number of nitrogens with two attached hydrogens (primary N) is 1. The zero-order valence-electron chi connectivity index (χ0n) is 12.5. The summed E-state index contributed by atoms with van der Waals surface area (Å²) < 4.78 is 11.0. The average molecular weight is 259 g/mol. The van der Waals surface area contributed by atoms with Crippen molar-refractivity contribution in [2.24, 2.45) is 11.7 Å². The number of hydrogen-bond acceptors (Lipinski definition) is 3. The molecule has 0 amide bonds. The predicted molar refractivity (Wildman–Crippen MR) is 77.8 cm³/mol. The highest BCUT2D eigenvalue weighted by Crippen LogP contribution is 2.04. The minimum atomic E-state index is 0.730. The molecule has 0 radical (unpaired) electrons. The second kappa shape index (κ2) is 14.9. The quantitative estimate of drug-likeness (QED) is 0.486. The molecule has 0 saturated carbocycles. The maximum Gasteiger partial charge on any atom is 0.0478 e. The van der Waals surface area contributed by atoms with Crippen LogP contribution in [0, 0.1) is 5.92 Å². The molecule has 0 aliphatic rings. The number of hydrogen-bond donors (Lipinski definition) is 1. The minimum absolute atomic E-state index is 0.730. The van der Waals surface area contributed by atoms with E-state index in [1.54, 1.807) is 0 Å². The monoisotopic (exact) mass is 259 g/mol. The Bertz CT molecular complexity index is 151. The summed E-state index contributed by atoms with van der Waals surface area (Å²) in [6.07, 6.45) is 8.31. The van der Waals surface area contributed by atoms with Crippen molar-refractivity contribution in [3.05, 3.63) is 0 Å². The van der Waals surface area contributed by atoms with E-state index in [4.69, 9.17) is 15.2 Å². The van der Waals surface area contributed by atoms with E-state index >= 15 is 0 Å². The zero-order valence-corrected chi connectivity index (χ0v) is 12.5. The van der Waals surface area contributed by atoms with Gasteiger partial charge < -0.3 is 15.2 Å². The van der Waals surface area contributed by atoms with E-state index in [2.05, 4.69) is 13.8 Å². The maximum atomic E-state index is 5.60. The molecule has 0 aromatic heterocycles. The molecule has 0 saturated heterocycles. The van der Waals surface area contributed by atoms with Crippen LogP contribution in [0.3, 0.4) is 0 Å². The molecule has 0 fully saturated rings. The van der Waals surface area contributed by atoms with E-state index in [1.807, 2.05) is 0 Å². The Hall–Kier alpha value is -0.120. The van der Waals surface area contributed by atoms with Crippen molar-refractivity contribution in [3.63, 3.8) is 0 Å². The van der Waals surface area contributed by atoms with Gasteiger partial charge in [0.05, 0.1) is 0 Å². The van der Waals surface area contributed by atoms with Crippen LogP contribution < -0.4 is 5.73 Å². The van der Waals surface area contributed by atoms with Crippen molar-refractivity contribution < 1.29 is 9.47 Å². The molecule has 0 unspecified atom stereocenters. The number of rotatable bonds is 14. The summed E-state index contributed by atoms with van der Waals surface area (Å²) in [4.78, 5) is 0. The Morgan fingerprint density at radius 1 is 0.722 bits per heavy atom. The average Bonchev–Trinajstić information content (AvgIpc) is 2.34. The van der Waals surface area contributed by atoms with E-state index in [-0.39, 0.29) is 0 Å². The van der Waals surface area contributed by atoms with Gasteiger partial charge in [-0.15, -0.1) is 0 Å². The van der Waals surface area contributed by atoms with Crippen LogP contribution in [-0.2, 0) is 9.47 Å². The largest absolute Gasteiger partial charge is 0.381 e. The molecule has 0 aliphatic heterocycles. The Morgan fingerprint density at radius 3 is 1.72 bits per heavy atom. The highest BCUT2D eigenvalue weighted by Gasteiger charge is 1.95. The summed E-state index contributed by atoms with van der Waals surface area (Å²) in [6, 6.07) is 0. The van der Waals surface area contributed by atoms with Gasteiger partial charge in [-0.2, -0.15) is 0 Å². The first-order valence-corrected chi connectivity index (χ1v) is 7.63. The van der Waals surface area contributed by atoms with E-state index in [0.29, 0.717) is 0 Å². The fourth-order valence-electron chi connectivity index (χ4n) is 1.74. The van der Waals surface area contributed by atoms with Crippen LogP contribution in [0.1, 0.15) is 58.8 Å².